The van der Waals surface area contributed by atoms with E-state index in [1.165, 1.54) is 19.3 Å². The number of aliphatic hydroxyl groups is 2. The van der Waals surface area contributed by atoms with Crippen molar-refractivity contribution < 1.29 is 10.2 Å². The molecule has 0 radical (unpaired) electrons. The van der Waals surface area contributed by atoms with Gasteiger partial charge in [-0.1, -0.05) is 20.8 Å². The maximum absolute atomic E-state index is 9.48. The fraction of sp³-hybridized carbons (Fsp3) is 1.00. The van der Waals surface area contributed by atoms with E-state index in [-0.39, 0.29) is 6.61 Å². The lowest BCUT2D eigenvalue weighted by atomic mass is 9.71. The summed E-state index contributed by atoms with van der Waals surface area (Å²) in [4.78, 5) is 0. The molecule has 4 unspecified atom stereocenters. The molecule has 4 heteroatoms. The SMILES string of the molecule is CNC1CCC(C(C)(C)C)CC1SCC(O)CO. The van der Waals surface area contributed by atoms with Crippen LogP contribution in [0.2, 0.25) is 0 Å². The summed E-state index contributed by atoms with van der Waals surface area (Å²) in [5.74, 6) is 1.39. The van der Waals surface area contributed by atoms with E-state index in [1.54, 1.807) is 0 Å². The topological polar surface area (TPSA) is 52.5 Å². The van der Waals surface area contributed by atoms with Gasteiger partial charge in [0.05, 0.1) is 12.7 Å². The number of thioether (sulfide) groups is 1. The zero-order valence-electron chi connectivity index (χ0n) is 12.1. The first-order valence-electron chi connectivity index (χ1n) is 6.96. The summed E-state index contributed by atoms with van der Waals surface area (Å²) in [6, 6.07) is 0.541. The maximum atomic E-state index is 9.48. The van der Waals surface area contributed by atoms with E-state index < -0.39 is 6.10 Å². The third-order valence-corrected chi connectivity index (χ3v) is 5.63. The van der Waals surface area contributed by atoms with Crippen LogP contribution in [-0.4, -0.2) is 47.0 Å². The minimum absolute atomic E-state index is 0.132. The second-order valence-electron chi connectivity index (χ2n) is 6.48. The molecule has 1 fully saturated rings. The Balaban J connectivity index is 2.54. The van der Waals surface area contributed by atoms with Crippen molar-refractivity contribution in [1.29, 1.82) is 0 Å². The van der Waals surface area contributed by atoms with Crippen LogP contribution in [0.1, 0.15) is 40.0 Å². The Morgan fingerprint density at radius 1 is 1.33 bits per heavy atom. The van der Waals surface area contributed by atoms with Gasteiger partial charge < -0.3 is 15.5 Å². The first-order valence-corrected chi connectivity index (χ1v) is 8.01. The average molecular weight is 275 g/mol. The summed E-state index contributed by atoms with van der Waals surface area (Å²) in [5, 5.41) is 22.3. The molecule has 1 saturated carbocycles. The number of aliphatic hydroxyl groups excluding tert-OH is 2. The first kappa shape index (κ1) is 16.3. The second-order valence-corrected chi connectivity index (χ2v) is 7.75. The summed E-state index contributed by atoms with van der Waals surface area (Å²) >= 11 is 1.81. The zero-order chi connectivity index (χ0) is 13.8. The zero-order valence-corrected chi connectivity index (χ0v) is 13.0. The summed E-state index contributed by atoms with van der Waals surface area (Å²) in [5.41, 5.74) is 0.368. The number of hydrogen-bond donors (Lipinski definition) is 3. The van der Waals surface area contributed by atoms with E-state index in [9.17, 15) is 5.11 Å². The van der Waals surface area contributed by atoms with E-state index in [1.807, 2.05) is 18.8 Å². The van der Waals surface area contributed by atoms with E-state index in [0.29, 0.717) is 22.5 Å². The van der Waals surface area contributed by atoms with Crippen LogP contribution in [0.25, 0.3) is 0 Å². The lowest BCUT2D eigenvalue weighted by molar-refractivity contribution is 0.113. The quantitative estimate of drug-likeness (QED) is 0.717. The van der Waals surface area contributed by atoms with E-state index in [0.717, 1.165) is 5.92 Å². The molecule has 3 nitrogen and oxygen atoms in total. The third-order valence-electron chi connectivity index (χ3n) is 4.10. The lowest BCUT2D eigenvalue weighted by Gasteiger charge is -2.41. The monoisotopic (exact) mass is 275 g/mol. The van der Waals surface area contributed by atoms with Crippen molar-refractivity contribution >= 4 is 11.8 Å². The summed E-state index contributed by atoms with van der Waals surface area (Å²) in [6.45, 7) is 6.83. The van der Waals surface area contributed by atoms with Crippen molar-refractivity contribution in [3.05, 3.63) is 0 Å². The Kier molecular flexibility index (Phi) is 6.45. The molecular weight excluding hydrogens is 246 g/mol. The minimum Gasteiger partial charge on any atom is -0.394 e. The maximum Gasteiger partial charge on any atom is 0.0861 e. The van der Waals surface area contributed by atoms with E-state index >= 15 is 0 Å². The van der Waals surface area contributed by atoms with Crippen molar-refractivity contribution in [2.45, 2.75) is 57.4 Å². The molecule has 4 atom stereocenters. The summed E-state index contributed by atoms with van der Waals surface area (Å²) in [6.07, 6.45) is 3.13. The van der Waals surface area contributed by atoms with Gasteiger partial charge in [0.25, 0.3) is 0 Å². The van der Waals surface area contributed by atoms with E-state index in [2.05, 4.69) is 26.1 Å². The van der Waals surface area contributed by atoms with Crippen molar-refractivity contribution in [2.75, 3.05) is 19.4 Å². The molecule has 1 aliphatic carbocycles. The van der Waals surface area contributed by atoms with Gasteiger partial charge in [-0.2, -0.15) is 11.8 Å². The highest BCUT2D eigenvalue weighted by atomic mass is 32.2. The van der Waals surface area contributed by atoms with Gasteiger partial charge in [0, 0.05) is 17.0 Å². The van der Waals surface area contributed by atoms with Gasteiger partial charge >= 0.3 is 0 Å². The van der Waals surface area contributed by atoms with Crippen LogP contribution in [0.15, 0.2) is 0 Å². The standard InChI is InChI=1S/C14H29NO2S/c1-14(2,3)10-5-6-12(15-4)13(7-10)18-9-11(17)8-16/h10-13,15-17H,5-9H2,1-4H3. The van der Waals surface area contributed by atoms with E-state index in [4.69, 9.17) is 5.11 Å². The van der Waals surface area contributed by atoms with Crippen molar-refractivity contribution in [2.24, 2.45) is 11.3 Å². The van der Waals surface area contributed by atoms with Gasteiger partial charge in [0.1, 0.15) is 0 Å². The molecule has 0 bridgehead atoms. The Morgan fingerprint density at radius 3 is 2.50 bits per heavy atom. The number of hydrogen-bond acceptors (Lipinski definition) is 4. The molecule has 0 spiro atoms. The summed E-state index contributed by atoms with van der Waals surface area (Å²) in [7, 11) is 2.03. The highest BCUT2D eigenvalue weighted by Crippen LogP contribution is 2.41. The van der Waals surface area contributed by atoms with Crippen LogP contribution in [0.4, 0.5) is 0 Å². The lowest BCUT2D eigenvalue weighted by Crippen LogP contribution is -2.43. The van der Waals surface area contributed by atoms with Crippen LogP contribution in [0.3, 0.4) is 0 Å². The van der Waals surface area contributed by atoms with Crippen LogP contribution in [-0.2, 0) is 0 Å². The van der Waals surface area contributed by atoms with Gasteiger partial charge in [-0.05, 0) is 37.6 Å². The molecule has 0 saturated heterocycles. The summed E-state index contributed by atoms with van der Waals surface area (Å²) < 4.78 is 0. The second kappa shape index (κ2) is 7.13. The molecule has 0 aliphatic heterocycles. The fourth-order valence-corrected chi connectivity index (χ4v) is 4.17. The fourth-order valence-electron chi connectivity index (χ4n) is 2.72. The van der Waals surface area contributed by atoms with Crippen molar-refractivity contribution in [1.82, 2.24) is 5.32 Å². The van der Waals surface area contributed by atoms with Crippen LogP contribution < -0.4 is 5.32 Å². The average Bonchev–Trinajstić information content (AvgIpc) is 2.34. The highest BCUT2D eigenvalue weighted by Gasteiger charge is 2.35. The molecule has 0 aromatic rings. The largest absolute Gasteiger partial charge is 0.394 e. The molecule has 3 N–H and O–H groups in total. The molecule has 1 rings (SSSR count). The number of rotatable bonds is 5. The van der Waals surface area contributed by atoms with Crippen molar-refractivity contribution in [3.63, 3.8) is 0 Å². The molecule has 108 valence electrons. The van der Waals surface area contributed by atoms with Gasteiger partial charge in [-0.25, -0.2) is 0 Å². The molecule has 0 heterocycles. The number of nitrogens with one attached hydrogen (secondary N) is 1. The van der Waals surface area contributed by atoms with Gasteiger partial charge in [0.2, 0.25) is 0 Å². The molecule has 0 amide bonds. The van der Waals surface area contributed by atoms with Crippen LogP contribution >= 0.6 is 11.8 Å². The molecule has 18 heavy (non-hydrogen) atoms. The van der Waals surface area contributed by atoms with Crippen LogP contribution in [0.5, 0.6) is 0 Å². The smallest absolute Gasteiger partial charge is 0.0861 e. The Hall–Kier alpha value is 0.230. The van der Waals surface area contributed by atoms with Gasteiger partial charge in [-0.15, -0.1) is 0 Å². The molecular formula is C14H29NO2S. The molecule has 0 aromatic heterocycles. The predicted octanol–water partition coefficient (Wildman–Crippen LogP) is 1.88. The minimum atomic E-state index is -0.581. The Morgan fingerprint density at radius 2 is 2.00 bits per heavy atom. The van der Waals surface area contributed by atoms with Gasteiger partial charge in [0.15, 0.2) is 0 Å². The van der Waals surface area contributed by atoms with Gasteiger partial charge in [-0.3, -0.25) is 0 Å². The normalized spacial score (nSPS) is 31.3. The third kappa shape index (κ3) is 4.72. The Labute approximate surface area is 116 Å². The first-order chi connectivity index (χ1) is 8.38. The molecule has 1 aliphatic rings. The Bertz CT molecular complexity index is 242. The highest BCUT2D eigenvalue weighted by molar-refractivity contribution is 8.00. The molecule has 0 aromatic carbocycles. The predicted molar refractivity (Wildman–Crippen MR) is 79.0 cm³/mol. The van der Waals surface area contributed by atoms with Crippen LogP contribution in [0, 0.1) is 11.3 Å². The van der Waals surface area contributed by atoms with Crippen molar-refractivity contribution in [3.8, 4) is 0 Å².